The Kier molecular flexibility index (Phi) is 4.50. The quantitative estimate of drug-likeness (QED) is 0.637. The van der Waals surface area contributed by atoms with E-state index >= 15 is 0 Å². The van der Waals surface area contributed by atoms with Gasteiger partial charge in [-0.3, -0.25) is 19.3 Å². The van der Waals surface area contributed by atoms with Crippen molar-refractivity contribution in [3.05, 3.63) is 22.5 Å². The predicted octanol–water partition coefficient (Wildman–Crippen LogP) is 2.52. The molecule has 0 radical (unpaired) electrons. The molecular weight excluding hydrogens is 334 g/mol. The minimum absolute atomic E-state index is 0.0478. The summed E-state index contributed by atoms with van der Waals surface area (Å²) in [6.07, 6.45) is 3.41. The van der Waals surface area contributed by atoms with Gasteiger partial charge >= 0.3 is 6.03 Å². The summed E-state index contributed by atoms with van der Waals surface area (Å²) in [5.74, 6) is -0.759. The zero-order valence-electron chi connectivity index (χ0n) is 15.7. The standard InChI is InChI=1S/C19H25N3O4/c1-10-7-5-6-8-19(10)17(25)22(18(26)21-19)9-14(24)16-11(2)15(13(4)23)12(3)20-16/h10,20H,5-9H2,1-4H3,(H,21,26). The number of imide groups is 1. The van der Waals surface area contributed by atoms with Crippen LogP contribution < -0.4 is 5.32 Å². The minimum atomic E-state index is -0.874. The Labute approximate surface area is 152 Å². The third-order valence-corrected chi connectivity index (χ3v) is 5.87. The first kappa shape index (κ1) is 18.4. The number of aryl methyl sites for hydroxylation is 1. The first-order chi connectivity index (χ1) is 12.2. The number of aromatic nitrogens is 1. The molecule has 0 bridgehead atoms. The Morgan fingerprint density at radius 1 is 1.23 bits per heavy atom. The van der Waals surface area contributed by atoms with Crippen LogP contribution in [0.3, 0.4) is 0 Å². The van der Waals surface area contributed by atoms with E-state index in [1.54, 1.807) is 13.8 Å². The lowest BCUT2D eigenvalue weighted by Gasteiger charge is -2.36. The second-order valence-electron chi connectivity index (χ2n) is 7.54. The number of carbonyl (C=O) groups is 4. The number of nitrogens with zero attached hydrogens (tertiary/aromatic N) is 1. The monoisotopic (exact) mass is 359 g/mol. The van der Waals surface area contributed by atoms with Crippen LogP contribution in [0.1, 0.15) is 71.6 Å². The maximum Gasteiger partial charge on any atom is 0.325 e. The molecule has 2 fully saturated rings. The number of urea groups is 1. The third kappa shape index (κ3) is 2.66. The molecule has 140 valence electrons. The molecule has 3 rings (SSSR count). The third-order valence-electron chi connectivity index (χ3n) is 5.87. The van der Waals surface area contributed by atoms with Crippen molar-refractivity contribution in [3.8, 4) is 0 Å². The Bertz CT molecular complexity index is 810. The highest BCUT2D eigenvalue weighted by atomic mass is 16.2. The van der Waals surface area contributed by atoms with Crippen LogP contribution in [-0.2, 0) is 4.79 Å². The molecule has 7 heteroatoms. The van der Waals surface area contributed by atoms with Crippen LogP contribution in [-0.4, -0.2) is 45.5 Å². The average molecular weight is 359 g/mol. The van der Waals surface area contributed by atoms with Crippen LogP contribution in [0.15, 0.2) is 0 Å². The van der Waals surface area contributed by atoms with E-state index in [1.165, 1.54) is 6.92 Å². The van der Waals surface area contributed by atoms with Crippen molar-refractivity contribution in [1.82, 2.24) is 15.2 Å². The summed E-state index contributed by atoms with van der Waals surface area (Å²) in [4.78, 5) is 53.8. The fraction of sp³-hybridized carbons (Fsp3) is 0.579. The van der Waals surface area contributed by atoms with Crippen LogP contribution in [0.2, 0.25) is 0 Å². The highest BCUT2D eigenvalue weighted by Crippen LogP contribution is 2.38. The largest absolute Gasteiger partial charge is 0.355 e. The summed E-state index contributed by atoms with van der Waals surface area (Å²) in [6, 6.07) is -0.509. The molecule has 1 aliphatic heterocycles. The Morgan fingerprint density at radius 3 is 2.50 bits per heavy atom. The Morgan fingerprint density at radius 2 is 1.92 bits per heavy atom. The van der Waals surface area contributed by atoms with Crippen LogP contribution >= 0.6 is 0 Å². The molecule has 2 N–H and O–H groups in total. The molecule has 2 heterocycles. The number of hydrogen-bond acceptors (Lipinski definition) is 4. The fourth-order valence-electron chi connectivity index (χ4n) is 4.42. The highest BCUT2D eigenvalue weighted by Gasteiger charge is 2.55. The van der Waals surface area contributed by atoms with Gasteiger partial charge in [0, 0.05) is 11.3 Å². The van der Waals surface area contributed by atoms with Crippen molar-refractivity contribution in [2.75, 3.05) is 6.54 Å². The van der Waals surface area contributed by atoms with E-state index in [9.17, 15) is 19.2 Å². The summed E-state index contributed by atoms with van der Waals surface area (Å²) in [7, 11) is 0. The second-order valence-corrected chi connectivity index (χ2v) is 7.54. The van der Waals surface area contributed by atoms with E-state index in [1.807, 2.05) is 6.92 Å². The first-order valence-electron chi connectivity index (χ1n) is 9.06. The van der Waals surface area contributed by atoms with Gasteiger partial charge in [0.05, 0.1) is 12.2 Å². The summed E-state index contributed by atoms with van der Waals surface area (Å²) in [5.41, 5.74) is 1.08. The van der Waals surface area contributed by atoms with Gasteiger partial charge in [0.15, 0.2) is 11.6 Å². The molecule has 2 aliphatic rings. The summed E-state index contributed by atoms with van der Waals surface area (Å²) in [6.45, 7) is 6.53. The predicted molar refractivity (Wildman–Crippen MR) is 95.2 cm³/mol. The normalized spacial score (nSPS) is 25.7. The number of ketones is 2. The van der Waals surface area contributed by atoms with Crippen molar-refractivity contribution < 1.29 is 19.2 Å². The maximum absolute atomic E-state index is 13.0. The molecule has 1 spiro atoms. The summed E-state index contributed by atoms with van der Waals surface area (Å²) in [5, 5.41) is 2.85. The van der Waals surface area contributed by atoms with E-state index < -0.39 is 11.6 Å². The van der Waals surface area contributed by atoms with Crippen LogP contribution in [0.25, 0.3) is 0 Å². The molecule has 1 saturated carbocycles. The van der Waals surface area contributed by atoms with Crippen LogP contribution in [0, 0.1) is 19.8 Å². The average Bonchev–Trinajstić information content (AvgIpc) is 2.99. The molecule has 1 aliphatic carbocycles. The fourth-order valence-corrected chi connectivity index (χ4v) is 4.42. The van der Waals surface area contributed by atoms with Gasteiger partial charge in [-0.05, 0) is 45.1 Å². The van der Waals surface area contributed by atoms with Crippen molar-refractivity contribution in [2.24, 2.45) is 5.92 Å². The number of carbonyl (C=O) groups excluding carboxylic acids is 4. The maximum atomic E-state index is 13.0. The lowest BCUT2D eigenvalue weighted by molar-refractivity contribution is -0.133. The number of rotatable bonds is 4. The number of Topliss-reactive ketones (excluding diaryl/α,β-unsaturated/α-hetero) is 2. The number of aromatic amines is 1. The lowest BCUT2D eigenvalue weighted by Crippen LogP contribution is -2.54. The lowest BCUT2D eigenvalue weighted by atomic mass is 9.73. The van der Waals surface area contributed by atoms with Gasteiger partial charge in [-0.1, -0.05) is 19.8 Å². The molecule has 1 saturated heterocycles. The van der Waals surface area contributed by atoms with Crippen molar-refractivity contribution in [1.29, 1.82) is 0 Å². The van der Waals surface area contributed by atoms with Crippen LogP contribution in [0.4, 0.5) is 4.79 Å². The van der Waals surface area contributed by atoms with E-state index in [0.717, 1.165) is 24.2 Å². The Hall–Kier alpha value is -2.44. The molecule has 3 amide bonds. The molecule has 1 aromatic heterocycles. The van der Waals surface area contributed by atoms with Crippen molar-refractivity contribution >= 4 is 23.5 Å². The molecule has 0 aromatic carbocycles. The molecular formula is C19H25N3O4. The van der Waals surface area contributed by atoms with E-state index in [0.29, 0.717) is 23.2 Å². The van der Waals surface area contributed by atoms with Gasteiger partial charge in [0.1, 0.15) is 5.54 Å². The molecule has 26 heavy (non-hydrogen) atoms. The van der Waals surface area contributed by atoms with E-state index in [-0.39, 0.29) is 35.6 Å². The van der Waals surface area contributed by atoms with Gasteiger partial charge in [0.2, 0.25) is 0 Å². The topological polar surface area (TPSA) is 99.3 Å². The Balaban J connectivity index is 1.84. The van der Waals surface area contributed by atoms with Gasteiger partial charge in [-0.25, -0.2) is 4.79 Å². The van der Waals surface area contributed by atoms with Gasteiger partial charge < -0.3 is 10.3 Å². The highest BCUT2D eigenvalue weighted by molar-refractivity contribution is 6.12. The van der Waals surface area contributed by atoms with E-state index in [4.69, 9.17) is 0 Å². The minimum Gasteiger partial charge on any atom is -0.355 e. The smallest absolute Gasteiger partial charge is 0.325 e. The molecule has 2 atom stereocenters. The zero-order valence-corrected chi connectivity index (χ0v) is 15.7. The molecule has 7 nitrogen and oxygen atoms in total. The van der Waals surface area contributed by atoms with E-state index in [2.05, 4.69) is 10.3 Å². The second kappa shape index (κ2) is 6.37. The molecule has 2 unspecified atom stereocenters. The van der Waals surface area contributed by atoms with Gasteiger partial charge in [0.25, 0.3) is 5.91 Å². The summed E-state index contributed by atoms with van der Waals surface area (Å²) >= 11 is 0. The molecule has 1 aromatic rings. The first-order valence-corrected chi connectivity index (χ1v) is 9.06. The van der Waals surface area contributed by atoms with Crippen LogP contribution in [0.5, 0.6) is 0 Å². The SMILES string of the molecule is CC(=O)c1c(C)[nH]c(C(=O)CN2C(=O)NC3(CCCCC3C)C2=O)c1C. The van der Waals surface area contributed by atoms with Crippen molar-refractivity contribution in [2.45, 2.75) is 58.9 Å². The number of nitrogens with one attached hydrogen (secondary N) is 2. The van der Waals surface area contributed by atoms with Gasteiger partial charge in [-0.2, -0.15) is 0 Å². The number of amides is 3. The van der Waals surface area contributed by atoms with Crippen molar-refractivity contribution in [3.63, 3.8) is 0 Å². The number of hydrogen-bond donors (Lipinski definition) is 2. The van der Waals surface area contributed by atoms with Gasteiger partial charge in [-0.15, -0.1) is 0 Å². The summed E-state index contributed by atoms with van der Waals surface area (Å²) < 4.78 is 0. The zero-order chi connectivity index (χ0) is 19.2. The number of H-pyrrole nitrogens is 1.